The second kappa shape index (κ2) is 5.75. The van der Waals surface area contributed by atoms with Crippen LogP contribution in [0.4, 0.5) is 5.13 Å². The molecule has 0 saturated heterocycles. The summed E-state index contributed by atoms with van der Waals surface area (Å²) in [5, 5.41) is 6.88. The minimum atomic E-state index is 0.131. The number of anilines is 1. The van der Waals surface area contributed by atoms with Crippen molar-refractivity contribution in [3.05, 3.63) is 29.0 Å². The fraction of sp³-hybridized carbons (Fsp3) is 0.500. The van der Waals surface area contributed by atoms with E-state index in [1.165, 1.54) is 37.0 Å². The van der Waals surface area contributed by atoms with E-state index in [2.05, 4.69) is 10.1 Å². The van der Waals surface area contributed by atoms with Gasteiger partial charge in [0.2, 0.25) is 0 Å². The molecule has 0 bridgehead atoms. The van der Waals surface area contributed by atoms with Gasteiger partial charge in [0.1, 0.15) is 5.78 Å². The molecule has 1 aliphatic rings. The number of hydrogen-bond donors (Lipinski definition) is 1. The van der Waals surface area contributed by atoms with Crippen molar-refractivity contribution < 1.29 is 4.79 Å². The topological polar surface area (TPSA) is 73.8 Å². The Kier molecular flexibility index (Phi) is 3.82. The third kappa shape index (κ3) is 3.07. The van der Waals surface area contributed by atoms with Crippen LogP contribution in [0.5, 0.6) is 0 Å². The molecule has 3 rings (SSSR count). The van der Waals surface area contributed by atoms with Gasteiger partial charge in [-0.3, -0.25) is 9.48 Å². The van der Waals surface area contributed by atoms with E-state index in [-0.39, 0.29) is 5.78 Å². The van der Waals surface area contributed by atoms with Crippen molar-refractivity contribution in [1.29, 1.82) is 0 Å². The van der Waals surface area contributed by atoms with Crippen LogP contribution < -0.4 is 5.73 Å². The van der Waals surface area contributed by atoms with Gasteiger partial charge in [-0.1, -0.05) is 12.8 Å². The maximum absolute atomic E-state index is 12.0. The molecule has 0 aliphatic heterocycles. The molecule has 1 aliphatic carbocycles. The number of nitrogens with zero attached hydrogens (tertiary/aromatic N) is 3. The summed E-state index contributed by atoms with van der Waals surface area (Å²) in [5.74, 6) is 0.131. The van der Waals surface area contributed by atoms with Crippen LogP contribution in [-0.2, 0) is 17.6 Å². The first kappa shape index (κ1) is 13.3. The maximum Gasteiger partial charge on any atom is 0.180 e. The normalized spacial score (nSPS) is 15.8. The third-order valence-corrected chi connectivity index (χ3v) is 4.41. The lowest BCUT2D eigenvalue weighted by molar-refractivity contribution is -0.117. The maximum atomic E-state index is 12.0. The van der Waals surface area contributed by atoms with Gasteiger partial charge in [-0.2, -0.15) is 5.10 Å². The summed E-state index contributed by atoms with van der Waals surface area (Å²) in [5.41, 5.74) is 7.17. The minimum Gasteiger partial charge on any atom is -0.375 e. The second-order valence-electron chi connectivity index (χ2n) is 5.29. The van der Waals surface area contributed by atoms with Crippen LogP contribution in [0.3, 0.4) is 0 Å². The van der Waals surface area contributed by atoms with Gasteiger partial charge in [0, 0.05) is 11.6 Å². The quantitative estimate of drug-likeness (QED) is 0.917. The zero-order valence-corrected chi connectivity index (χ0v) is 12.1. The van der Waals surface area contributed by atoms with Crippen LogP contribution in [0, 0.1) is 0 Å². The predicted octanol–water partition coefficient (Wildman–Crippen LogP) is 2.39. The third-order valence-electron chi connectivity index (χ3n) is 3.69. The lowest BCUT2D eigenvalue weighted by Gasteiger charge is -2.08. The molecular weight excluding hydrogens is 272 g/mol. The molecule has 1 fully saturated rings. The molecule has 2 aromatic heterocycles. The fourth-order valence-electron chi connectivity index (χ4n) is 2.71. The largest absolute Gasteiger partial charge is 0.375 e. The van der Waals surface area contributed by atoms with Gasteiger partial charge >= 0.3 is 0 Å². The Labute approximate surface area is 121 Å². The van der Waals surface area contributed by atoms with Crippen molar-refractivity contribution in [3.8, 4) is 0 Å². The molecule has 0 unspecified atom stereocenters. The van der Waals surface area contributed by atoms with Crippen LogP contribution >= 0.6 is 11.3 Å². The molecule has 0 aromatic carbocycles. The van der Waals surface area contributed by atoms with E-state index < -0.39 is 0 Å². The Morgan fingerprint density at radius 1 is 1.35 bits per heavy atom. The molecule has 0 spiro atoms. The molecular formula is C14H18N4OS. The highest BCUT2D eigenvalue weighted by Crippen LogP contribution is 2.28. The van der Waals surface area contributed by atoms with Crippen molar-refractivity contribution in [2.24, 2.45) is 0 Å². The standard InChI is InChI=1S/C14H18N4OS/c15-14-16-11(9-20-14)8-13(19)7-10-5-6-18(17-10)12-3-1-2-4-12/h5-6,9,12H,1-4,7-8H2,(H2,15,16). The SMILES string of the molecule is Nc1nc(CC(=O)Cc2ccn(C3CCCC3)n2)cs1. The van der Waals surface area contributed by atoms with Gasteiger partial charge in [-0.05, 0) is 18.9 Å². The molecule has 2 heterocycles. The Morgan fingerprint density at radius 2 is 2.10 bits per heavy atom. The summed E-state index contributed by atoms with van der Waals surface area (Å²) in [6, 6.07) is 2.48. The van der Waals surface area contributed by atoms with Crippen molar-refractivity contribution in [2.45, 2.75) is 44.6 Å². The van der Waals surface area contributed by atoms with Crippen LogP contribution in [-0.4, -0.2) is 20.5 Å². The lowest BCUT2D eigenvalue weighted by Crippen LogP contribution is -2.09. The highest BCUT2D eigenvalue weighted by atomic mass is 32.1. The molecule has 6 heteroatoms. The number of rotatable bonds is 5. The van der Waals surface area contributed by atoms with Gasteiger partial charge < -0.3 is 5.73 Å². The number of carbonyl (C=O) groups is 1. The van der Waals surface area contributed by atoms with Crippen LogP contribution in [0.1, 0.15) is 43.1 Å². The van der Waals surface area contributed by atoms with Crippen LogP contribution in [0.2, 0.25) is 0 Å². The van der Waals surface area contributed by atoms with Gasteiger partial charge in [0.05, 0.1) is 30.3 Å². The van der Waals surface area contributed by atoms with Crippen molar-refractivity contribution in [1.82, 2.24) is 14.8 Å². The summed E-state index contributed by atoms with van der Waals surface area (Å²) in [6.07, 6.45) is 7.68. The highest BCUT2D eigenvalue weighted by molar-refractivity contribution is 7.13. The molecule has 106 valence electrons. The fourth-order valence-corrected chi connectivity index (χ4v) is 3.28. The molecule has 0 radical (unpaired) electrons. The number of thiazole rings is 1. The number of aromatic nitrogens is 3. The predicted molar refractivity (Wildman–Crippen MR) is 78.7 cm³/mol. The average Bonchev–Trinajstić information content (AvgIpc) is 3.10. The number of carbonyl (C=O) groups excluding carboxylic acids is 1. The Bertz CT molecular complexity index is 598. The van der Waals surface area contributed by atoms with E-state index >= 15 is 0 Å². The number of hydrogen-bond acceptors (Lipinski definition) is 5. The molecule has 5 nitrogen and oxygen atoms in total. The average molecular weight is 290 g/mol. The van der Waals surface area contributed by atoms with E-state index in [0.717, 1.165) is 11.4 Å². The first-order valence-electron chi connectivity index (χ1n) is 6.96. The number of nitrogens with two attached hydrogens (primary N) is 1. The number of nitrogen functional groups attached to an aromatic ring is 1. The summed E-state index contributed by atoms with van der Waals surface area (Å²) < 4.78 is 2.02. The summed E-state index contributed by atoms with van der Waals surface area (Å²) in [7, 11) is 0. The van der Waals surface area contributed by atoms with Crippen LogP contribution in [0.15, 0.2) is 17.6 Å². The van der Waals surface area contributed by atoms with Crippen molar-refractivity contribution >= 4 is 22.3 Å². The molecule has 0 amide bonds. The van der Waals surface area contributed by atoms with Crippen LogP contribution in [0.25, 0.3) is 0 Å². The Morgan fingerprint density at radius 3 is 2.80 bits per heavy atom. The second-order valence-corrected chi connectivity index (χ2v) is 6.18. The molecule has 2 aromatic rings. The van der Waals surface area contributed by atoms with Crippen molar-refractivity contribution in [3.63, 3.8) is 0 Å². The molecule has 2 N–H and O–H groups in total. The first-order valence-corrected chi connectivity index (χ1v) is 7.84. The Hall–Kier alpha value is -1.69. The van der Waals surface area contributed by atoms with Gasteiger partial charge in [-0.25, -0.2) is 4.98 Å². The molecule has 0 atom stereocenters. The minimum absolute atomic E-state index is 0.131. The van der Waals surface area contributed by atoms with Crippen molar-refractivity contribution in [2.75, 3.05) is 5.73 Å². The smallest absolute Gasteiger partial charge is 0.180 e. The lowest BCUT2D eigenvalue weighted by atomic mass is 10.1. The Balaban J connectivity index is 1.58. The van der Waals surface area contributed by atoms with Gasteiger partial charge in [-0.15, -0.1) is 11.3 Å². The van der Waals surface area contributed by atoms with E-state index in [1.54, 1.807) is 0 Å². The van der Waals surface area contributed by atoms with E-state index in [0.29, 0.717) is 24.0 Å². The molecule has 1 saturated carbocycles. The molecule has 20 heavy (non-hydrogen) atoms. The van der Waals surface area contributed by atoms with Gasteiger partial charge in [0.15, 0.2) is 5.13 Å². The van der Waals surface area contributed by atoms with E-state index in [4.69, 9.17) is 5.73 Å². The summed E-state index contributed by atoms with van der Waals surface area (Å²) in [6.45, 7) is 0. The highest BCUT2D eigenvalue weighted by Gasteiger charge is 2.18. The van der Waals surface area contributed by atoms with Gasteiger partial charge in [0.25, 0.3) is 0 Å². The van der Waals surface area contributed by atoms with E-state index in [9.17, 15) is 4.79 Å². The number of ketones is 1. The summed E-state index contributed by atoms with van der Waals surface area (Å²) in [4.78, 5) is 16.1. The zero-order chi connectivity index (χ0) is 13.9. The van der Waals surface area contributed by atoms with E-state index in [1.807, 2.05) is 22.3 Å². The summed E-state index contributed by atoms with van der Waals surface area (Å²) >= 11 is 1.37. The first-order chi connectivity index (χ1) is 9.70. The number of Topliss-reactive ketones (excluding diaryl/α,β-unsaturated/α-hetero) is 1. The monoisotopic (exact) mass is 290 g/mol. The zero-order valence-electron chi connectivity index (χ0n) is 11.3.